The average molecular weight is 316 g/mol. The van der Waals surface area contributed by atoms with Crippen molar-refractivity contribution in [1.29, 1.82) is 0 Å². The third kappa shape index (κ3) is 2.75. The average Bonchev–Trinajstić information content (AvgIpc) is 3.32. The van der Waals surface area contributed by atoms with Gasteiger partial charge >= 0.3 is 0 Å². The van der Waals surface area contributed by atoms with E-state index in [4.69, 9.17) is 9.72 Å². The van der Waals surface area contributed by atoms with E-state index in [1.807, 2.05) is 12.1 Å². The number of rotatable bonds is 4. The Bertz CT molecular complexity index is 630. The maximum Gasteiger partial charge on any atom is 0.205 e. The van der Waals surface area contributed by atoms with E-state index in [0.717, 1.165) is 42.9 Å². The minimum atomic E-state index is 0.644. The second-order valence-electron chi connectivity index (χ2n) is 5.88. The molecule has 0 radical (unpaired) electrons. The molecule has 1 aliphatic heterocycles. The Morgan fingerprint density at radius 3 is 2.36 bits per heavy atom. The summed E-state index contributed by atoms with van der Waals surface area (Å²) >= 11 is 1.56. The van der Waals surface area contributed by atoms with Crippen LogP contribution in [0, 0.1) is 0 Å². The lowest BCUT2D eigenvalue weighted by molar-refractivity contribution is 0.415. The Balaban J connectivity index is 1.38. The minimum Gasteiger partial charge on any atom is -0.497 e. The quantitative estimate of drug-likeness (QED) is 0.867. The van der Waals surface area contributed by atoms with Gasteiger partial charge in [-0.1, -0.05) is 0 Å². The molecule has 22 heavy (non-hydrogen) atoms. The fraction of sp³-hybridized carbons (Fsp3) is 0.500. The first-order chi connectivity index (χ1) is 10.8. The summed E-state index contributed by atoms with van der Waals surface area (Å²) in [5.74, 6) is 2.62. The normalized spacial score (nSPS) is 18.6. The molecule has 1 saturated heterocycles. The summed E-state index contributed by atoms with van der Waals surface area (Å²) in [5.41, 5.74) is 1.26. The van der Waals surface area contributed by atoms with Crippen molar-refractivity contribution in [2.45, 2.75) is 18.8 Å². The van der Waals surface area contributed by atoms with E-state index in [1.54, 1.807) is 18.6 Å². The molecule has 0 spiro atoms. The molecule has 5 nitrogen and oxygen atoms in total. The number of hydrogen-bond donors (Lipinski definition) is 0. The SMILES string of the molecule is COc1ccc(N2CCN(c3nc(C4CC4)ns3)CC2)cc1. The standard InChI is InChI=1S/C16H20N4OS/c1-21-14-6-4-13(5-7-14)19-8-10-20(11-9-19)16-17-15(18-22-16)12-2-3-12/h4-7,12H,2-3,8-11H2,1H3. The summed E-state index contributed by atoms with van der Waals surface area (Å²) in [4.78, 5) is 9.49. The molecule has 0 N–H and O–H groups in total. The summed E-state index contributed by atoms with van der Waals surface area (Å²) in [7, 11) is 1.70. The van der Waals surface area contributed by atoms with E-state index >= 15 is 0 Å². The molecule has 0 amide bonds. The Morgan fingerprint density at radius 1 is 1.05 bits per heavy atom. The van der Waals surface area contributed by atoms with Crippen LogP contribution in [0.3, 0.4) is 0 Å². The van der Waals surface area contributed by atoms with Crippen LogP contribution in [0.4, 0.5) is 10.8 Å². The van der Waals surface area contributed by atoms with E-state index in [9.17, 15) is 0 Å². The minimum absolute atomic E-state index is 0.644. The first kappa shape index (κ1) is 13.8. The number of anilines is 2. The number of methoxy groups -OCH3 is 1. The molecule has 1 aromatic carbocycles. The van der Waals surface area contributed by atoms with Gasteiger partial charge in [-0.15, -0.1) is 0 Å². The molecular weight excluding hydrogens is 296 g/mol. The molecule has 0 unspecified atom stereocenters. The van der Waals surface area contributed by atoms with Gasteiger partial charge in [-0.3, -0.25) is 0 Å². The van der Waals surface area contributed by atoms with Crippen LogP contribution in [-0.2, 0) is 0 Å². The molecule has 0 bridgehead atoms. The van der Waals surface area contributed by atoms with Crippen molar-refractivity contribution < 1.29 is 4.74 Å². The van der Waals surface area contributed by atoms with Crippen LogP contribution < -0.4 is 14.5 Å². The number of ether oxygens (including phenoxy) is 1. The van der Waals surface area contributed by atoms with Crippen molar-refractivity contribution in [3.63, 3.8) is 0 Å². The van der Waals surface area contributed by atoms with Crippen LogP contribution in [-0.4, -0.2) is 42.6 Å². The van der Waals surface area contributed by atoms with Gasteiger partial charge in [-0.2, -0.15) is 4.37 Å². The Morgan fingerprint density at radius 2 is 1.73 bits per heavy atom. The van der Waals surface area contributed by atoms with Gasteiger partial charge in [-0.05, 0) is 37.1 Å². The van der Waals surface area contributed by atoms with Crippen molar-refractivity contribution in [3.8, 4) is 5.75 Å². The largest absolute Gasteiger partial charge is 0.497 e. The predicted octanol–water partition coefficient (Wildman–Crippen LogP) is 2.75. The molecule has 1 aliphatic carbocycles. The van der Waals surface area contributed by atoms with Crippen molar-refractivity contribution in [2.75, 3.05) is 43.1 Å². The van der Waals surface area contributed by atoms with Gasteiger partial charge in [0.25, 0.3) is 0 Å². The topological polar surface area (TPSA) is 41.5 Å². The third-order valence-corrected chi connectivity index (χ3v) is 5.15. The molecule has 2 heterocycles. The summed E-state index contributed by atoms with van der Waals surface area (Å²) in [6.07, 6.45) is 2.53. The number of aromatic nitrogens is 2. The van der Waals surface area contributed by atoms with Crippen molar-refractivity contribution in [1.82, 2.24) is 9.36 Å². The van der Waals surface area contributed by atoms with Gasteiger partial charge in [0.15, 0.2) is 0 Å². The van der Waals surface area contributed by atoms with E-state index in [2.05, 4.69) is 26.3 Å². The van der Waals surface area contributed by atoms with E-state index in [1.165, 1.54) is 18.5 Å². The summed E-state index contributed by atoms with van der Waals surface area (Å²) < 4.78 is 9.73. The van der Waals surface area contributed by atoms with Crippen LogP contribution in [0.1, 0.15) is 24.6 Å². The van der Waals surface area contributed by atoms with Crippen molar-refractivity contribution in [2.24, 2.45) is 0 Å². The Kier molecular flexibility index (Phi) is 3.62. The van der Waals surface area contributed by atoms with Gasteiger partial charge in [0.1, 0.15) is 11.6 Å². The molecule has 0 atom stereocenters. The summed E-state index contributed by atoms with van der Waals surface area (Å²) in [5, 5.41) is 1.09. The van der Waals surface area contributed by atoms with Gasteiger partial charge in [0.05, 0.1) is 7.11 Å². The third-order valence-electron chi connectivity index (χ3n) is 4.36. The van der Waals surface area contributed by atoms with Gasteiger partial charge in [0, 0.05) is 49.3 Å². The second-order valence-corrected chi connectivity index (χ2v) is 6.61. The summed E-state index contributed by atoms with van der Waals surface area (Å²) in [6.45, 7) is 4.05. The Labute approximate surface area is 134 Å². The van der Waals surface area contributed by atoms with Crippen LogP contribution in [0.15, 0.2) is 24.3 Å². The zero-order valence-corrected chi connectivity index (χ0v) is 13.6. The van der Waals surface area contributed by atoms with E-state index < -0.39 is 0 Å². The highest BCUT2D eigenvalue weighted by Gasteiger charge is 2.29. The fourth-order valence-corrected chi connectivity index (χ4v) is 3.61. The highest BCUT2D eigenvalue weighted by atomic mass is 32.1. The van der Waals surface area contributed by atoms with Crippen LogP contribution in [0.25, 0.3) is 0 Å². The molecule has 1 aromatic heterocycles. The summed E-state index contributed by atoms with van der Waals surface area (Å²) in [6, 6.07) is 8.30. The molecule has 6 heteroatoms. The maximum absolute atomic E-state index is 5.22. The molecule has 2 fully saturated rings. The van der Waals surface area contributed by atoms with Gasteiger partial charge in [0.2, 0.25) is 5.13 Å². The highest BCUT2D eigenvalue weighted by molar-refractivity contribution is 7.09. The Hall–Kier alpha value is -1.82. The highest BCUT2D eigenvalue weighted by Crippen LogP contribution is 2.39. The van der Waals surface area contributed by atoms with E-state index in [0.29, 0.717) is 5.92 Å². The van der Waals surface area contributed by atoms with Crippen molar-refractivity contribution in [3.05, 3.63) is 30.1 Å². The fourth-order valence-electron chi connectivity index (χ4n) is 2.81. The maximum atomic E-state index is 5.22. The smallest absolute Gasteiger partial charge is 0.205 e. The lowest BCUT2D eigenvalue weighted by Gasteiger charge is -2.35. The van der Waals surface area contributed by atoms with E-state index in [-0.39, 0.29) is 0 Å². The number of benzene rings is 1. The lowest BCUT2D eigenvalue weighted by Crippen LogP contribution is -2.46. The molecule has 2 aliphatic rings. The molecule has 116 valence electrons. The van der Waals surface area contributed by atoms with Crippen molar-refractivity contribution >= 4 is 22.4 Å². The number of piperazine rings is 1. The first-order valence-corrected chi connectivity index (χ1v) is 8.58. The lowest BCUT2D eigenvalue weighted by atomic mass is 10.2. The zero-order valence-electron chi connectivity index (χ0n) is 12.7. The molecule has 2 aromatic rings. The monoisotopic (exact) mass is 316 g/mol. The van der Waals surface area contributed by atoms with Crippen LogP contribution in [0.5, 0.6) is 5.75 Å². The van der Waals surface area contributed by atoms with Crippen LogP contribution >= 0.6 is 11.5 Å². The molecule has 4 rings (SSSR count). The van der Waals surface area contributed by atoms with Gasteiger partial charge in [-0.25, -0.2) is 4.98 Å². The zero-order chi connectivity index (χ0) is 14.9. The number of hydrogen-bond acceptors (Lipinski definition) is 6. The first-order valence-electron chi connectivity index (χ1n) is 7.81. The predicted molar refractivity (Wildman–Crippen MR) is 89.3 cm³/mol. The molecular formula is C16H20N4OS. The second kappa shape index (κ2) is 5.76. The molecule has 1 saturated carbocycles. The van der Waals surface area contributed by atoms with Gasteiger partial charge < -0.3 is 14.5 Å². The van der Waals surface area contributed by atoms with Crippen LogP contribution in [0.2, 0.25) is 0 Å². The number of nitrogens with zero attached hydrogens (tertiary/aromatic N) is 4.